The molecule has 2 amide bonds. The van der Waals surface area contributed by atoms with E-state index in [-0.39, 0.29) is 23.7 Å². The third-order valence-corrected chi connectivity index (χ3v) is 4.83. The van der Waals surface area contributed by atoms with Crippen LogP contribution in [-0.4, -0.2) is 16.8 Å². The molecular weight excluding hydrogens is 312 g/mol. The van der Waals surface area contributed by atoms with Crippen molar-refractivity contribution in [3.05, 3.63) is 34.5 Å². The molecule has 1 atom stereocenters. The van der Waals surface area contributed by atoms with Gasteiger partial charge in [-0.3, -0.25) is 14.9 Å². The number of aromatic amines is 1. The maximum absolute atomic E-state index is 12.1. The number of rotatable bonds is 3. The number of H-pyrrole nitrogens is 1. The summed E-state index contributed by atoms with van der Waals surface area (Å²) in [6.07, 6.45) is 3.28. The number of aryl methyl sites for hydroxylation is 1. The normalized spacial score (nSPS) is 17.3. The van der Waals surface area contributed by atoms with E-state index in [0.717, 1.165) is 40.9 Å². The highest BCUT2D eigenvalue weighted by molar-refractivity contribution is 6.35. The van der Waals surface area contributed by atoms with Crippen molar-refractivity contribution in [2.75, 3.05) is 0 Å². The SMILES string of the molecule is CC(C)C(=O)NC(=O)CC1CCCc2c1[nH]c1cccc(Cl)c21. The first kappa shape index (κ1) is 16.1. The fourth-order valence-electron chi connectivity index (χ4n) is 3.33. The van der Waals surface area contributed by atoms with Gasteiger partial charge >= 0.3 is 0 Å². The van der Waals surface area contributed by atoms with Crippen LogP contribution >= 0.6 is 11.6 Å². The Morgan fingerprint density at radius 3 is 2.91 bits per heavy atom. The molecule has 5 heteroatoms. The molecule has 0 aliphatic heterocycles. The predicted octanol–water partition coefficient (Wildman–Crippen LogP) is 3.93. The molecule has 0 saturated heterocycles. The molecule has 1 aromatic carbocycles. The minimum atomic E-state index is -0.217. The maximum Gasteiger partial charge on any atom is 0.229 e. The summed E-state index contributed by atoms with van der Waals surface area (Å²) in [6.45, 7) is 3.56. The average Bonchev–Trinajstić information content (AvgIpc) is 2.88. The lowest BCUT2D eigenvalue weighted by Gasteiger charge is -2.22. The number of carbonyl (C=O) groups is 2. The van der Waals surface area contributed by atoms with Gasteiger partial charge in [-0.15, -0.1) is 0 Å². The predicted molar refractivity (Wildman–Crippen MR) is 91.6 cm³/mol. The number of imide groups is 1. The molecule has 3 rings (SSSR count). The van der Waals surface area contributed by atoms with Crippen LogP contribution in [-0.2, 0) is 16.0 Å². The number of hydrogen-bond donors (Lipinski definition) is 2. The highest BCUT2D eigenvalue weighted by Gasteiger charge is 2.27. The summed E-state index contributed by atoms with van der Waals surface area (Å²) < 4.78 is 0. The monoisotopic (exact) mass is 332 g/mol. The Morgan fingerprint density at radius 2 is 2.17 bits per heavy atom. The number of aromatic nitrogens is 1. The van der Waals surface area contributed by atoms with E-state index in [0.29, 0.717) is 6.42 Å². The number of halogens is 1. The van der Waals surface area contributed by atoms with Crippen molar-refractivity contribution >= 4 is 34.3 Å². The van der Waals surface area contributed by atoms with E-state index < -0.39 is 0 Å². The fourth-order valence-corrected chi connectivity index (χ4v) is 3.62. The minimum Gasteiger partial charge on any atom is -0.358 e. The van der Waals surface area contributed by atoms with E-state index >= 15 is 0 Å². The first-order valence-corrected chi connectivity index (χ1v) is 8.47. The van der Waals surface area contributed by atoms with E-state index in [2.05, 4.69) is 10.3 Å². The van der Waals surface area contributed by atoms with Gasteiger partial charge < -0.3 is 4.98 Å². The van der Waals surface area contributed by atoms with Gasteiger partial charge in [-0.2, -0.15) is 0 Å². The van der Waals surface area contributed by atoms with Crippen LogP contribution in [0.15, 0.2) is 18.2 Å². The lowest BCUT2D eigenvalue weighted by Crippen LogP contribution is -2.34. The molecule has 0 spiro atoms. The lowest BCUT2D eigenvalue weighted by atomic mass is 9.84. The summed E-state index contributed by atoms with van der Waals surface area (Å²) >= 11 is 6.35. The van der Waals surface area contributed by atoms with Crippen LogP contribution < -0.4 is 5.32 Å². The summed E-state index contributed by atoms with van der Waals surface area (Å²) in [6, 6.07) is 5.84. The van der Waals surface area contributed by atoms with E-state index in [1.807, 2.05) is 18.2 Å². The number of nitrogens with one attached hydrogen (secondary N) is 2. The summed E-state index contributed by atoms with van der Waals surface area (Å²) in [5.74, 6) is -0.494. The molecular formula is C18H21ClN2O2. The number of carbonyl (C=O) groups excluding carboxylic acids is 2. The Balaban J connectivity index is 1.85. The first-order valence-electron chi connectivity index (χ1n) is 8.10. The molecule has 0 bridgehead atoms. The summed E-state index contributed by atoms with van der Waals surface area (Å²) in [5.41, 5.74) is 3.35. The van der Waals surface area contributed by atoms with Crippen LogP contribution in [0.5, 0.6) is 0 Å². The van der Waals surface area contributed by atoms with Crippen LogP contribution in [0, 0.1) is 5.92 Å². The summed E-state index contributed by atoms with van der Waals surface area (Å²) in [5, 5.41) is 4.31. The topological polar surface area (TPSA) is 62.0 Å². The zero-order valence-corrected chi connectivity index (χ0v) is 14.2. The van der Waals surface area contributed by atoms with Gasteiger partial charge in [0.1, 0.15) is 0 Å². The first-order chi connectivity index (χ1) is 11.0. The average molecular weight is 333 g/mol. The molecule has 1 heterocycles. The van der Waals surface area contributed by atoms with Crippen LogP contribution in [0.25, 0.3) is 10.9 Å². The Kier molecular flexibility index (Phi) is 4.44. The summed E-state index contributed by atoms with van der Waals surface area (Å²) in [4.78, 5) is 27.3. The second-order valence-electron chi connectivity index (χ2n) is 6.54. The highest BCUT2D eigenvalue weighted by Crippen LogP contribution is 2.40. The highest BCUT2D eigenvalue weighted by atomic mass is 35.5. The van der Waals surface area contributed by atoms with Gasteiger partial charge in [-0.05, 0) is 37.0 Å². The summed E-state index contributed by atoms with van der Waals surface area (Å²) in [7, 11) is 0. The minimum absolute atomic E-state index is 0.113. The molecule has 0 fully saturated rings. The molecule has 4 nitrogen and oxygen atoms in total. The molecule has 2 aromatic rings. The quantitative estimate of drug-likeness (QED) is 0.894. The van der Waals surface area contributed by atoms with Crippen molar-refractivity contribution in [1.29, 1.82) is 0 Å². The van der Waals surface area contributed by atoms with Crippen molar-refractivity contribution in [3.63, 3.8) is 0 Å². The van der Waals surface area contributed by atoms with E-state index in [4.69, 9.17) is 11.6 Å². The van der Waals surface area contributed by atoms with Gasteiger partial charge in [0.25, 0.3) is 0 Å². The van der Waals surface area contributed by atoms with Crippen LogP contribution in [0.3, 0.4) is 0 Å². The van der Waals surface area contributed by atoms with Gasteiger partial charge in [0.15, 0.2) is 0 Å². The Labute approximate surface area is 140 Å². The standard InChI is InChI=1S/C18H21ClN2O2/c1-10(2)18(23)21-15(22)9-11-5-3-6-12-16-13(19)7-4-8-14(16)20-17(11)12/h4,7-8,10-11,20H,3,5-6,9H2,1-2H3,(H,21,22,23). The molecule has 1 aliphatic carbocycles. The van der Waals surface area contributed by atoms with E-state index in [1.54, 1.807) is 13.8 Å². The zero-order valence-electron chi connectivity index (χ0n) is 13.4. The zero-order chi connectivity index (χ0) is 16.6. The molecule has 1 unspecified atom stereocenters. The van der Waals surface area contributed by atoms with Gasteiger partial charge in [-0.25, -0.2) is 0 Å². The largest absolute Gasteiger partial charge is 0.358 e. The van der Waals surface area contributed by atoms with Crippen LogP contribution in [0.1, 0.15) is 50.3 Å². The van der Waals surface area contributed by atoms with Crippen molar-refractivity contribution in [1.82, 2.24) is 10.3 Å². The molecule has 1 aliphatic rings. The molecule has 0 radical (unpaired) electrons. The molecule has 122 valence electrons. The number of fused-ring (bicyclic) bond motifs is 3. The van der Waals surface area contributed by atoms with Gasteiger partial charge in [0.05, 0.1) is 5.02 Å². The van der Waals surface area contributed by atoms with Crippen molar-refractivity contribution < 1.29 is 9.59 Å². The van der Waals surface area contributed by atoms with Gasteiger partial charge in [0.2, 0.25) is 11.8 Å². The van der Waals surface area contributed by atoms with Crippen molar-refractivity contribution in [2.24, 2.45) is 5.92 Å². The molecule has 0 saturated carbocycles. The van der Waals surface area contributed by atoms with Crippen molar-refractivity contribution in [3.8, 4) is 0 Å². The number of hydrogen-bond acceptors (Lipinski definition) is 2. The number of benzene rings is 1. The number of amides is 2. The Morgan fingerprint density at radius 1 is 1.39 bits per heavy atom. The second-order valence-corrected chi connectivity index (χ2v) is 6.95. The molecule has 23 heavy (non-hydrogen) atoms. The third kappa shape index (κ3) is 3.13. The molecule has 2 N–H and O–H groups in total. The van der Waals surface area contributed by atoms with E-state index in [9.17, 15) is 9.59 Å². The Hall–Kier alpha value is -1.81. The van der Waals surface area contributed by atoms with Crippen molar-refractivity contribution in [2.45, 2.75) is 45.4 Å². The van der Waals surface area contributed by atoms with Crippen LogP contribution in [0.4, 0.5) is 0 Å². The third-order valence-electron chi connectivity index (χ3n) is 4.52. The molecule has 1 aromatic heterocycles. The van der Waals surface area contributed by atoms with Gasteiger partial charge in [-0.1, -0.05) is 31.5 Å². The maximum atomic E-state index is 12.1. The lowest BCUT2D eigenvalue weighted by molar-refractivity contribution is -0.132. The second kappa shape index (κ2) is 6.36. The van der Waals surface area contributed by atoms with E-state index in [1.165, 1.54) is 5.56 Å². The fraction of sp³-hybridized carbons (Fsp3) is 0.444. The van der Waals surface area contributed by atoms with Crippen LogP contribution in [0.2, 0.25) is 5.02 Å². The smallest absolute Gasteiger partial charge is 0.229 e. The van der Waals surface area contributed by atoms with Gasteiger partial charge in [0, 0.05) is 34.9 Å². The Bertz CT molecular complexity index is 764.